The molecule has 3 rings (SSSR count). The van der Waals surface area contributed by atoms with Crippen LogP contribution < -0.4 is 0 Å². The lowest BCUT2D eigenvalue weighted by Gasteiger charge is -2.33. The Hall–Kier alpha value is -2.55. The van der Waals surface area contributed by atoms with Gasteiger partial charge in [-0.25, -0.2) is 0 Å². The van der Waals surface area contributed by atoms with Crippen LogP contribution in [0.1, 0.15) is 119 Å². The van der Waals surface area contributed by atoms with Crippen LogP contribution in [0.4, 0.5) is 0 Å². The van der Waals surface area contributed by atoms with Crippen molar-refractivity contribution in [2.75, 3.05) is 0 Å². The molecule has 0 bridgehead atoms. The van der Waals surface area contributed by atoms with Crippen molar-refractivity contribution in [2.45, 2.75) is 113 Å². The number of ketones is 3. The van der Waals surface area contributed by atoms with Gasteiger partial charge >= 0.3 is 0 Å². The summed E-state index contributed by atoms with van der Waals surface area (Å²) in [6, 6.07) is 11.3. The first kappa shape index (κ1) is 31.0. The first-order chi connectivity index (χ1) is 18.6. The van der Waals surface area contributed by atoms with Crippen molar-refractivity contribution >= 4 is 17.3 Å². The number of aryl methyl sites for hydroxylation is 3. The lowest BCUT2D eigenvalue weighted by molar-refractivity contribution is -0.129. The van der Waals surface area contributed by atoms with Crippen LogP contribution in [0, 0.1) is 30.6 Å². The Kier molecular flexibility index (Phi) is 11.3. The maximum absolute atomic E-state index is 13.6. The largest absolute Gasteiger partial charge is 0.300 e. The van der Waals surface area contributed by atoms with Gasteiger partial charge in [0.25, 0.3) is 0 Å². The Morgan fingerprint density at radius 2 is 1.72 bits per heavy atom. The maximum Gasteiger partial charge on any atom is 0.163 e. The second-order valence-corrected chi connectivity index (χ2v) is 12.4. The van der Waals surface area contributed by atoms with Gasteiger partial charge in [0.2, 0.25) is 0 Å². The van der Waals surface area contributed by atoms with E-state index in [2.05, 4.69) is 71.9 Å². The third-order valence-corrected chi connectivity index (χ3v) is 8.76. The number of hydrogen-bond acceptors (Lipinski definition) is 3. The number of Topliss-reactive ketones (excluding diaryl/α,β-unsaturated/α-hetero) is 3. The van der Waals surface area contributed by atoms with Gasteiger partial charge in [0, 0.05) is 17.9 Å². The zero-order valence-electron chi connectivity index (χ0n) is 25.5. The number of carbonyl (C=O) groups is 3. The SMILES string of the molecule is CCCC(CC1CC(=O)c2c(C)ccc(-c3cc(CCC(C)C)ccc3CC)c2C1)C(CC)C(=O)CC(C)=O. The molecule has 3 nitrogen and oxygen atoms in total. The number of carbonyl (C=O) groups excluding carboxylic acids is 3. The van der Waals surface area contributed by atoms with Crippen molar-refractivity contribution in [1.29, 1.82) is 0 Å². The molecule has 39 heavy (non-hydrogen) atoms. The molecule has 0 radical (unpaired) electrons. The van der Waals surface area contributed by atoms with Gasteiger partial charge in [-0.2, -0.15) is 0 Å². The van der Waals surface area contributed by atoms with Crippen LogP contribution in [-0.2, 0) is 28.9 Å². The van der Waals surface area contributed by atoms with E-state index in [0.29, 0.717) is 12.3 Å². The first-order valence-electron chi connectivity index (χ1n) is 15.4. The van der Waals surface area contributed by atoms with Gasteiger partial charge in [-0.15, -0.1) is 0 Å². The predicted octanol–water partition coefficient (Wildman–Crippen LogP) is 8.94. The molecule has 2 aromatic carbocycles. The minimum Gasteiger partial charge on any atom is -0.300 e. The van der Waals surface area contributed by atoms with Gasteiger partial charge in [0.05, 0.1) is 6.42 Å². The molecule has 3 unspecified atom stereocenters. The van der Waals surface area contributed by atoms with E-state index in [4.69, 9.17) is 0 Å². The minimum atomic E-state index is -0.105. The molecule has 3 heteroatoms. The standard InChI is InChI=1S/C36H50O3/c1-8-11-29(30(10-3)34(38)18-25(7)37)19-27-21-33-31(17-13-24(6)36(33)35(39)22-27)32-20-26(14-12-23(4)5)15-16-28(32)9-2/h13,15-17,20,23,27,29-30H,8-12,14,18-19,21-22H2,1-7H3. The Bertz CT molecular complexity index is 1170. The molecule has 0 heterocycles. The summed E-state index contributed by atoms with van der Waals surface area (Å²) in [5.74, 6) is 1.25. The van der Waals surface area contributed by atoms with Gasteiger partial charge in [-0.05, 0) is 104 Å². The van der Waals surface area contributed by atoms with Gasteiger partial charge in [0.15, 0.2) is 5.78 Å². The van der Waals surface area contributed by atoms with E-state index in [1.165, 1.54) is 34.7 Å². The zero-order valence-corrected chi connectivity index (χ0v) is 25.5. The number of hydrogen-bond donors (Lipinski definition) is 0. The molecule has 0 aliphatic heterocycles. The third-order valence-electron chi connectivity index (χ3n) is 8.76. The Morgan fingerprint density at radius 1 is 0.974 bits per heavy atom. The number of benzene rings is 2. The summed E-state index contributed by atoms with van der Waals surface area (Å²) in [7, 11) is 0. The molecule has 0 saturated heterocycles. The van der Waals surface area contributed by atoms with E-state index in [0.717, 1.165) is 62.5 Å². The number of fused-ring (bicyclic) bond motifs is 1. The van der Waals surface area contributed by atoms with Crippen molar-refractivity contribution in [3.8, 4) is 11.1 Å². The Balaban J connectivity index is 1.99. The van der Waals surface area contributed by atoms with E-state index < -0.39 is 0 Å². The van der Waals surface area contributed by atoms with Crippen molar-refractivity contribution in [3.63, 3.8) is 0 Å². The monoisotopic (exact) mass is 530 g/mol. The van der Waals surface area contributed by atoms with Crippen LogP contribution in [-0.4, -0.2) is 17.3 Å². The van der Waals surface area contributed by atoms with Gasteiger partial charge in [0.1, 0.15) is 11.6 Å². The lowest BCUT2D eigenvalue weighted by Crippen LogP contribution is -2.30. The molecule has 0 saturated carbocycles. The molecular weight excluding hydrogens is 480 g/mol. The van der Waals surface area contributed by atoms with Crippen LogP contribution in [0.2, 0.25) is 0 Å². The lowest BCUT2D eigenvalue weighted by atomic mass is 9.71. The van der Waals surface area contributed by atoms with E-state index in [1.54, 1.807) is 0 Å². The van der Waals surface area contributed by atoms with Crippen LogP contribution in [0.15, 0.2) is 30.3 Å². The quantitative estimate of drug-likeness (QED) is 0.229. The van der Waals surface area contributed by atoms with E-state index >= 15 is 0 Å². The fraction of sp³-hybridized carbons (Fsp3) is 0.583. The molecule has 0 spiro atoms. The molecular formula is C36H50O3. The maximum atomic E-state index is 13.6. The van der Waals surface area contributed by atoms with Crippen molar-refractivity contribution in [2.24, 2.45) is 23.7 Å². The third kappa shape index (κ3) is 7.77. The predicted molar refractivity (Wildman–Crippen MR) is 162 cm³/mol. The van der Waals surface area contributed by atoms with E-state index in [1.807, 2.05) is 0 Å². The zero-order chi connectivity index (χ0) is 28.7. The first-order valence-corrected chi connectivity index (χ1v) is 15.4. The summed E-state index contributed by atoms with van der Waals surface area (Å²) in [5.41, 5.74) is 8.37. The molecule has 3 atom stereocenters. The van der Waals surface area contributed by atoms with Crippen LogP contribution in [0.5, 0.6) is 0 Å². The summed E-state index contributed by atoms with van der Waals surface area (Å²) in [6.07, 6.45) is 8.20. The van der Waals surface area contributed by atoms with E-state index in [9.17, 15) is 14.4 Å². The fourth-order valence-electron chi connectivity index (χ4n) is 6.79. The molecule has 0 aromatic heterocycles. The van der Waals surface area contributed by atoms with Gasteiger partial charge < -0.3 is 0 Å². The molecule has 1 aliphatic carbocycles. The second kappa shape index (κ2) is 14.2. The average molecular weight is 531 g/mol. The second-order valence-electron chi connectivity index (χ2n) is 12.4. The van der Waals surface area contributed by atoms with Crippen LogP contribution >= 0.6 is 0 Å². The van der Waals surface area contributed by atoms with Crippen molar-refractivity contribution < 1.29 is 14.4 Å². The normalized spacial score (nSPS) is 16.7. The highest BCUT2D eigenvalue weighted by atomic mass is 16.1. The highest BCUT2D eigenvalue weighted by Crippen LogP contribution is 2.41. The minimum absolute atomic E-state index is 0.0292. The summed E-state index contributed by atoms with van der Waals surface area (Å²) in [4.78, 5) is 38.4. The Labute approximate surface area is 237 Å². The molecule has 0 amide bonds. The smallest absolute Gasteiger partial charge is 0.163 e. The molecule has 212 valence electrons. The summed E-state index contributed by atoms with van der Waals surface area (Å²) < 4.78 is 0. The highest BCUT2D eigenvalue weighted by molar-refractivity contribution is 6.02. The van der Waals surface area contributed by atoms with Crippen LogP contribution in [0.25, 0.3) is 11.1 Å². The molecule has 0 N–H and O–H groups in total. The summed E-state index contributed by atoms with van der Waals surface area (Å²) in [5, 5.41) is 0. The van der Waals surface area contributed by atoms with Gasteiger partial charge in [-0.3, -0.25) is 14.4 Å². The van der Waals surface area contributed by atoms with Gasteiger partial charge in [-0.1, -0.05) is 77.8 Å². The van der Waals surface area contributed by atoms with Crippen LogP contribution in [0.3, 0.4) is 0 Å². The topological polar surface area (TPSA) is 51.2 Å². The average Bonchev–Trinajstić information content (AvgIpc) is 2.87. The fourth-order valence-corrected chi connectivity index (χ4v) is 6.79. The van der Waals surface area contributed by atoms with Crippen molar-refractivity contribution in [1.82, 2.24) is 0 Å². The van der Waals surface area contributed by atoms with E-state index in [-0.39, 0.29) is 41.5 Å². The molecule has 2 aromatic rings. The highest BCUT2D eigenvalue weighted by Gasteiger charge is 2.34. The Morgan fingerprint density at radius 3 is 2.33 bits per heavy atom. The summed E-state index contributed by atoms with van der Waals surface area (Å²) in [6.45, 7) is 14.5. The summed E-state index contributed by atoms with van der Waals surface area (Å²) >= 11 is 0. The molecule has 1 aliphatic rings. The number of rotatable bonds is 14. The molecule has 0 fully saturated rings. The van der Waals surface area contributed by atoms with Crippen molar-refractivity contribution in [3.05, 3.63) is 58.1 Å².